The Morgan fingerprint density at radius 1 is 1.32 bits per heavy atom. The van der Waals surface area contributed by atoms with Gasteiger partial charge in [0.05, 0.1) is 12.3 Å². The fourth-order valence-corrected chi connectivity index (χ4v) is 2.16. The van der Waals surface area contributed by atoms with E-state index in [2.05, 4.69) is 31.2 Å². The Labute approximate surface area is 116 Å². The third kappa shape index (κ3) is 6.10. The fourth-order valence-electron chi connectivity index (χ4n) is 2.16. The molecular formula is C15H28N2O2. The molecule has 1 unspecified atom stereocenters. The van der Waals surface area contributed by atoms with Crippen molar-refractivity contribution in [3.05, 3.63) is 11.8 Å². The SMILES string of the molecule is CCCC(CCC(C)C)c1cc(NCCOC)on1. The van der Waals surface area contributed by atoms with Gasteiger partial charge < -0.3 is 14.6 Å². The van der Waals surface area contributed by atoms with Crippen LogP contribution >= 0.6 is 0 Å². The summed E-state index contributed by atoms with van der Waals surface area (Å²) in [6, 6.07) is 2.04. The number of aromatic nitrogens is 1. The van der Waals surface area contributed by atoms with Crippen molar-refractivity contribution >= 4 is 5.88 Å². The Balaban J connectivity index is 2.53. The van der Waals surface area contributed by atoms with Crippen LogP contribution in [0.15, 0.2) is 10.6 Å². The maximum Gasteiger partial charge on any atom is 0.224 e. The lowest BCUT2D eigenvalue weighted by Gasteiger charge is -2.14. The zero-order chi connectivity index (χ0) is 14.1. The molecule has 1 atom stereocenters. The standard InChI is InChI=1S/C15H28N2O2/c1-5-6-13(8-7-12(2)3)14-11-15(19-17-14)16-9-10-18-4/h11-13,16H,5-10H2,1-4H3. The minimum Gasteiger partial charge on any atom is -0.383 e. The van der Waals surface area contributed by atoms with Gasteiger partial charge >= 0.3 is 0 Å². The zero-order valence-electron chi connectivity index (χ0n) is 12.7. The molecule has 0 amide bonds. The molecule has 0 spiro atoms. The molecule has 1 aromatic heterocycles. The average Bonchev–Trinajstić information content (AvgIpc) is 2.83. The highest BCUT2D eigenvalue weighted by Gasteiger charge is 2.16. The molecule has 1 rings (SSSR count). The molecule has 0 fully saturated rings. The normalized spacial score (nSPS) is 12.9. The van der Waals surface area contributed by atoms with Crippen LogP contribution in [0.5, 0.6) is 0 Å². The van der Waals surface area contributed by atoms with Crippen LogP contribution in [-0.4, -0.2) is 25.4 Å². The van der Waals surface area contributed by atoms with Gasteiger partial charge in [0.25, 0.3) is 0 Å². The van der Waals surface area contributed by atoms with Crippen LogP contribution in [0.3, 0.4) is 0 Å². The number of hydrogen-bond acceptors (Lipinski definition) is 4. The maximum absolute atomic E-state index is 5.33. The van der Waals surface area contributed by atoms with E-state index in [0.717, 1.165) is 24.0 Å². The topological polar surface area (TPSA) is 47.3 Å². The number of anilines is 1. The highest BCUT2D eigenvalue weighted by Crippen LogP contribution is 2.28. The van der Waals surface area contributed by atoms with Crippen molar-refractivity contribution in [1.29, 1.82) is 0 Å². The molecule has 1 heterocycles. The summed E-state index contributed by atoms with van der Waals surface area (Å²) in [6.45, 7) is 8.17. The van der Waals surface area contributed by atoms with Crippen LogP contribution in [-0.2, 0) is 4.74 Å². The minimum atomic E-state index is 0.522. The van der Waals surface area contributed by atoms with Gasteiger partial charge in [0.15, 0.2) is 0 Å². The van der Waals surface area contributed by atoms with E-state index in [1.165, 1.54) is 25.7 Å². The van der Waals surface area contributed by atoms with Crippen LogP contribution in [0.2, 0.25) is 0 Å². The van der Waals surface area contributed by atoms with Crippen LogP contribution in [0.4, 0.5) is 5.88 Å². The number of nitrogens with zero attached hydrogens (tertiary/aromatic N) is 1. The second-order valence-corrected chi connectivity index (χ2v) is 5.49. The van der Waals surface area contributed by atoms with Crippen LogP contribution in [0.25, 0.3) is 0 Å². The number of nitrogens with one attached hydrogen (secondary N) is 1. The number of hydrogen-bond donors (Lipinski definition) is 1. The summed E-state index contributed by atoms with van der Waals surface area (Å²) in [5, 5.41) is 7.39. The monoisotopic (exact) mass is 268 g/mol. The first-order valence-corrected chi connectivity index (χ1v) is 7.36. The summed E-state index contributed by atoms with van der Waals surface area (Å²) in [6.07, 6.45) is 4.79. The Morgan fingerprint density at radius 3 is 2.74 bits per heavy atom. The van der Waals surface area contributed by atoms with Gasteiger partial charge in [-0.25, -0.2) is 0 Å². The third-order valence-corrected chi connectivity index (χ3v) is 3.28. The highest BCUT2D eigenvalue weighted by atomic mass is 16.5. The van der Waals surface area contributed by atoms with Crippen LogP contribution < -0.4 is 5.32 Å². The van der Waals surface area contributed by atoms with Gasteiger partial charge in [0.2, 0.25) is 5.88 Å². The Kier molecular flexibility index (Phi) is 7.56. The van der Waals surface area contributed by atoms with Crippen molar-refractivity contribution in [3.63, 3.8) is 0 Å². The molecule has 0 aliphatic heterocycles. The van der Waals surface area contributed by atoms with Crippen molar-refractivity contribution in [2.24, 2.45) is 5.92 Å². The third-order valence-electron chi connectivity index (χ3n) is 3.28. The van der Waals surface area contributed by atoms with E-state index < -0.39 is 0 Å². The summed E-state index contributed by atoms with van der Waals surface area (Å²) >= 11 is 0. The molecule has 19 heavy (non-hydrogen) atoms. The average molecular weight is 268 g/mol. The summed E-state index contributed by atoms with van der Waals surface area (Å²) in [5.41, 5.74) is 1.09. The second-order valence-electron chi connectivity index (χ2n) is 5.49. The van der Waals surface area contributed by atoms with Gasteiger partial charge in [0.1, 0.15) is 0 Å². The lowest BCUT2D eigenvalue weighted by Crippen LogP contribution is -2.06. The second kappa shape index (κ2) is 8.97. The Morgan fingerprint density at radius 2 is 2.11 bits per heavy atom. The molecule has 0 aliphatic rings. The minimum absolute atomic E-state index is 0.522. The first kappa shape index (κ1) is 16.0. The van der Waals surface area contributed by atoms with Gasteiger partial charge in [-0.1, -0.05) is 38.8 Å². The molecule has 0 aliphatic carbocycles. The molecule has 1 aromatic rings. The van der Waals surface area contributed by atoms with E-state index in [0.29, 0.717) is 12.5 Å². The predicted molar refractivity (Wildman–Crippen MR) is 78.6 cm³/mol. The van der Waals surface area contributed by atoms with Crippen molar-refractivity contribution in [2.45, 2.75) is 52.4 Å². The molecule has 0 bridgehead atoms. The first-order valence-electron chi connectivity index (χ1n) is 7.36. The molecule has 0 aromatic carbocycles. The van der Waals surface area contributed by atoms with Gasteiger partial charge in [0, 0.05) is 25.6 Å². The molecule has 0 saturated heterocycles. The van der Waals surface area contributed by atoms with Crippen LogP contribution in [0, 0.1) is 5.92 Å². The largest absolute Gasteiger partial charge is 0.383 e. The molecule has 4 heteroatoms. The van der Waals surface area contributed by atoms with Crippen LogP contribution in [0.1, 0.15) is 58.1 Å². The smallest absolute Gasteiger partial charge is 0.224 e. The van der Waals surface area contributed by atoms with Gasteiger partial charge in [-0.2, -0.15) is 0 Å². The van der Waals surface area contributed by atoms with Crippen molar-refractivity contribution in [1.82, 2.24) is 5.16 Å². The predicted octanol–water partition coefficient (Wildman–Crippen LogP) is 4.05. The zero-order valence-corrected chi connectivity index (χ0v) is 12.7. The maximum atomic E-state index is 5.33. The number of methoxy groups -OCH3 is 1. The van der Waals surface area contributed by atoms with Crippen molar-refractivity contribution in [3.8, 4) is 0 Å². The summed E-state index contributed by atoms with van der Waals surface area (Å²) < 4.78 is 10.3. The van der Waals surface area contributed by atoms with E-state index in [4.69, 9.17) is 9.26 Å². The molecule has 1 N–H and O–H groups in total. The molecule has 110 valence electrons. The van der Waals surface area contributed by atoms with Crippen molar-refractivity contribution in [2.75, 3.05) is 25.6 Å². The molecular weight excluding hydrogens is 240 g/mol. The van der Waals surface area contributed by atoms with E-state index >= 15 is 0 Å². The molecule has 0 saturated carbocycles. The Bertz CT molecular complexity index is 337. The van der Waals surface area contributed by atoms with Gasteiger partial charge in [-0.3, -0.25) is 0 Å². The van der Waals surface area contributed by atoms with E-state index in [1.807, 2.05) is 6.07 Å². The van der Waals surface area contributed by atoms with Gasteiger partial charge in [-0.15, -0.1) is 0 Å². The summed E-state index contributed by atoms with van der Waals surface area (Å²) in [5.74, 6) is 2.01. The molecule has 4 nitrogen and oxygen atoms in total. The van der Waals surface area contributed by atoms with E-state index in [1.54, 1.807) is 7.11 Å². The number of rotatable bonds is 10. The fraction of sp³-hybridized carbons (Fsp3) is 0.800. The van der Waals surface area contributed by atoms with E-state index in [-0.39, 0.29) is 0 Å². The summed E-state index contributed by atoms with van der Waals surface area (Å²) in [4.78, 5) is 0. The quantitative estimate of drug-likeness (QED) is 0.650. The Hall–Kier alpha value is -1.03. The summed E-state index contributed by atoms with van der Waals surface area (Å²) in [7, 11) is 1.69. The lowest BCUT2D eigenvalue weighted by atomic mass is 9.91. The van der Waals surface area contributed by atoms with Crippen molar-refractivity contribution < 1.29 is 9.26 Å². The lowest BCUT2D eigenvalue weighted by molar-refractivity contribution is 0.210. The number of ether oxygens (including phenoxy) is 1. The first-order chi connectivity index (χ1) is 9.17. The van der Waals surface area contributed by atoms with E-state index in [9.17, 15) is 0 Å². The molecule has 0 radical (unpaired) electrons. The highest BCUT2D eigenvalue weighted by molar-refractivity contribution is 5.32. The van der Waals surface area contributed by atoms with Gasteiger partial charge in [-0.05, 0) is 18.8 Å².